The van der Waals surface area contributed by atoms with Gasteiger partial charge >= 0.3 is 23.6 Å². The van der Waals surface area contributed by atoms with Crippen molar-refractivity contribution in [2.45, 2.75) is 73.1 Å². The van der Waals surface area contributed by atoms with Crippen molar-refractivity contribution >= 4 is 23.6 Å². The number of hydrogen-bond donors (Lipinski definition) is 3. The Bertz CT molecular complexity index is 580. The Hall–Kier alpha value is -0.716. The third kappa shape index (κ3) is 19.4. The van der Waals surface area contributed by atoms with Crippen LogP contribution in [-0.2, 0) is 36.1 Å². The van der Waals surface area contributed by atoms with Crippen LogP contribution < -0.4 is 10.6 Å². The molecule has 0 bridgehead atoms. The average molecular weight is 585 g/mol. The molecule has 38 heavy (non-hydrogen) atoms. The topological polar surface area (TPSA) is 126 Å². The van der Waals surface area contributed by atoms with Gasteiger partial charge in [0.05, 0.1) is 6.73 Å². The highest BCUT2D eigenvalue weighted by molar-refractivity contribution is 6.61. The van der Waals surface area contributed by atoms with Crippen molar-refractivity contribution in [3.8, 4) is 0 Å². The van der Waals surface area contributed by atoms with E-state index in [1.165, 1.54) is 0 Å². The average Bonchev–Trinajstić information content (AvgIpc) is 2.87. The molecule has 0 aliphatic rings. The van der Waals surface area contributed by atoms with Crippen molar-refractivity contribution < 1.29 is 41.2 Å². The number of rotatable bonds is 23. The molecule has 1 unspecified atom stereocenters. The van der Waals surface area contributed by atoms with Gasteiger partial charge in [-0.2, -0.15) is 0 Å². The standard InChI is InChI=1S/C16H33NO6Si.C9H23NO3Si/c1-6-21-24(22-7-2,23-8-3)11-9-10-17-12-15(18)13-20-16(19)14(4)5;1-6-10-8-13-14(11-4,12-5)7-9(2)3/h15,17-18H,4,6-13H2,1-3,5H3;9-10H,6-8H2,1-5H3. The normalized spacial score (nSPS) is 12.7. The van der Waals surface area contributed by atoms with Crippen molar-refractivity contribution in [2.24, 2.45) is 5.92 Å². The first-order valence-electron chi connectivity index (χ1n) is 13.6. The van der Waals surface area contributed by atoms with Gasteiger partial charge < -0.3 is 41.7 Å². The molecule has 228 valence electrons. The van der Waals surface area contributed by atoms with Gasteiger partial charge in [0, 0.05) is 58.2 Å². The molecule has 0 aromatic carbocycles. The number of carbonyl (C=O) groups is 1. The predicted molar refractivity (Wildman–Crippen MR) is 154 cm³/mol. The summed E-state index contributed by atoms with van der Waals surface area (Å²) in [5.41, 5.74) is 0.319. The highest BCUT2D eigenvalue weighted by atomic mass is 28.4. The zero-order valence-corrected chi connectivity index (χ0v) is 27.4. The van der Waals surface area contributed by atoms with Gasteiger partial charge in [-0.15, -0.1) is 0 Å². The third-order valence-corrected chi connectivity index (χ3v) is 11.3. The van der Waals surface area contributed by atoms with E-state index in [4.69, 9.17) is 31.3 Å². The van der Waals surface area contributed by atoms with Crippen LogP contribution in [0.25, 0.3) is 0 Å². The molecule has 0 aromatic rings. The molecule has 11 nitrogen and oxygen atoms in total. The Morgan fingerprint density at radius 2 is 1.47 bits per heavy atom. The van der Waals surface area contributed by atoms with E-state index in [0.717, 1.165) is 25.1 Å². The number of aliphatic hydroxyl groups is 1. The fourth-order valence-electron chi connectivity index (χ4n) is 3.24. The summed E-state index contributed by atoms with van der Waals surface area (Å²) in [6.07, 6.45) is 0.0609. The molecule has 0 saturated carbocycles. The maximum atomic E-state index is 11.2. The number of aliphatic hydroxyl groups excluding tert-OH is 1. The molecular weight excluding hydrogens is 528 g/mol. The fraction of sp³-hybridized carbons (Fsp3) is 0.880. The molecule has 0 aliphatic carbocycles. The minimum absolute atomic E-state index is 0.0474. The molecule has 0 radical (unpaired) electrons. The van der Waals surface area contributed by atoms with E-state index < -0.39 is 29.7 Å². The lowest BCUT2D eigenvalue weighted by atomic mass is 10.3. The van der Waals surface area contributed by atoms with Crippen LogP contribution in [0.2, 0.25) is 12.1 Å². The Labute approximate surface area is 233 Å². The second-order valence-electron chi connectivity index (χ2n) is 8.90. The lowest BCUT2D eigenvalue weighted by molar-refractivity contribution is -0.141. The zero-order valence-electron chi connectivity index (χ0n) is 25.4. The monoisotopic (exact) mass is 584 g/mol. The van der Waals surface area contributed by atoms with Crippen molar-refractivity contribution in [1.82, 2.24) is 10.6 Å². The summed E-state index contributed by atoms with van der Waals surface area (Å²) in [4.78, 5) is 11.2. The van der Waals surface area contributed by atoms with Crippen LogP contribution in [0.15, 0.2) is 12.2 Å². The summed E-state index contributed by atoms with van der Waals surface area (Å²) >= 11 is 0. The van der Waals surface area contributed by atoms with Crippen molar-refractivity contribution in [3.05, 3.63) is 12.2 Å². The van der Waals surface area contributed by atoms with E-state index >= 15 is 0 Å². The molecule has 13 heteroatoms. The highest BCUT2D eigenvalue weighted by Crippen LogP contribution is 2.19. The summed E-state index contributed by atoms with van der Waals surface area (Å²) in [5, 5.41) is 16.0. The van der Waals surface area contributed by atoms with Crippen molar-refractivity contribution in [1.29, 1.82) is 0 Å². The summed E-state index contributed by atoms with van der Waals surface area (Å²) in [5.74, 6) is 0.0261. The van der Waals surface area contributed by atoms with Crippen LogP contribution in [-0.4, -0.2) is 102 Å². The smallest absolute Gasteiger partial charge is 0.460 e. The number of nitrogens with one attached hydrogen (secondary N) is 2. The maximum absolute atomic E-state index is 11.2. The predicted octanol–water partition coefficient (Wildman–Crippen LogP) is 2.95. The molecule has 0 amide bonds. The Kier molecular flexibility index (Phi) is 25.0. The molecular formula is C25H56N2O9Si2. The second kappa shape index (κ2) is 24.1. The number of hydrogen-bond acceptors (Lipinski definition) is 11. The van der Waals surface area contributed by atoms with Gasteiger partial charge in [0.1, 0.15) is 12.7 Å². The van der Waals surface area contributed by atoms with Crippen molar-refractivity contribution in [2.75, 3.05) is 67.0 Å². The molecule has 0 fully saturated rings. The summed E-state index contributed by atoms with van der Waals surface area (Å²) in [6.45, 7) is 21.2. The summed E-state index contributed by atoms with van der Waals surface area (Å²) < 4.78 is 38.7. The van der Waals surface area contributed by atoms with Gasteiger partial charge in [-0.1, -0.05) is 27.4 Å². The van der Waals surface area contributed by atoms with Crippen LogP contribution in [0.3, 0.4) is 0 Å². The number of ether oxygens (including phenoxy) is 1. The minimum Gasteiger partial charge on any atom is -0.460 e. The molecule has 3 N–H and O–H groups in total. The summed E-state index contributed by atoms with van der Waals surface area (Å²) in [6, 6.07) is 1.57. The molecule has 0 heterocycles. The van der Waals surface area contributed by atoms with E-state index in [1.54, 1.807) is 21.1 Å². The van der Waals surface area contributed by atoms with E-state index in [-0.39, 0.29) is 6.61 Å². The Morgan fingerprint density at radius 3 is 1.89 bits per heavy atom. The maximum Gasteiger partial charge on any atom is 0.501 e. The Balaban J connectivity index is 0. The SMILES string of the molecule is C=C(C)C(=O)OCC(O)CNCCC[Si](OCC)(OCC)OCC.CCNCO[Si](CC(C)C)(OC)OC. The quantitative estimate of drug-likeness (QED) is 0.0539. The molecule has 0 aromatic heterocycles. The van der Waals surface area contributed by atoms with Gasteiger partial charge in [0.2, 0.25) is 0 Å². The van der Waals surface area contributed by atoms with E-state index in [2.05, 4.69) is 31.1 Å². The van der Waals surface area contributed by atoms with Gasteiger partial charge in [0.25, 0.3) is 0 Å². The van der Waals surface area contributed by atoms with Gasteiger partial charge in [-0.25, -0.2) is 4.79 Å². The van der Waals surface area contributed by atoms with E-state index in [0.29, 0.717) is 51.1 Å². The van der Waals surface area contributed by atoms with Crippen LogP contribution in [0.1, 0.15) is 54.9 Å². The lowest BCUT2D eigenvalue weighted by Crippen LogP contribution is -2.47. The molecule has 1 atom stereocenters. The van der Waals surface area contributed by atoms with Crippen LogP contribution >= 0.6 is 0 Å². The van der Waals surface area contributed by atoms with Crippen LogP contribution in [0.5, 0.6) is 0 Å². The van der Waals surface area contributed by atoms with E-state index in [9.17, 15) is 9.90 Å². The second-order valence-corrected chi connectivity index (χ2v) is 14.5. The minimum atomic E-state index is -2.60. The Morgan fingerprint density at radius 1 is 0.921 bits per heavy atom. The van der Waals surface area contributed by atoms with Crippen molar-refractivity contribution in [3.63, 3.8) is 0 Å². The lowest BCUT2D eigenvalue weighted by Gasteiger charge is -2.28. The largest absolute Gasteiger partial charge is 0.501 e. The van der Waals surface area contributed by atoms with E-state index in [1.807, 2.05) is 27.7 Å². The first kappa shape index (κ1) is 39.4. The number of carbonyl (C=O) groups excluding carboxylic acids is 1. The zero-order chi connectivity index (χ0) is 29.5. The molecule has 0 aliphatic heterocycles. The summed E-state index contributed by atoms with van der Waals surface area (Å²) in [7, 11) is -1.69. The molecule has 0 spiro atoms. The number of esters is 1. The first-order valence-corrected chi connectivity index (χ1v) is 17.4. The van der Waals surface area contributed by atoms with Crippen LogP contribution in [0, 0.1) is 5.92 Å². The van der Waals surface area contributed by atoms with Gasteiger partial charge in [0.15, 0.2) is 0 Å². The molecule has 0 saturated heterocycles. The van der Waals surface area contributed by atoms with Gasteiger partial charge in [-0.3, -0.25) is 5.32 Å². The molecule has 0 rings (SSSR count). The highest BCUT2D eigenvalue weighted by Gasteiger charge is 2.40. The fourth-order valence-corrected chi connectivity index (χ4v) is 8.03. The first-order chi connectivity index (χ1) is 18.0. The van der Waals surface area contributed by atoms with Crippen LogP contribution in [0.4, 0.5) is 0 Å². The van der Waals surface area contributed by atoms with Gasteiger partial charge in [-0.05, 0) is 53.1 Å². The third-order valence-electron chi connectivity index (χ3n) is 4.99.